The van der Waals surface area contributed by atoms with Gasteiger partial charge in [-0.15, -0.1) is 0 Å². The summed E-state index contributed by atoms with van der Waals surface area (Å²) in [5, 5.41) is 0. The lowest BCUT2D eigenvalue weighted by molar-refractivity contribution is -0.143. The molecule has 0 aromatic rings. The van der Waals surface area contributed by atoms with Crippen molar-refractivity contribution < 1.29 is 28.6 Å². The zero-order chi connectivity index (χ0) is 13.7. The van der Waals surface area contributed by atoms with E-state index in [1.807, 2.05) is 6.92 Å². The van der Waals surface area contributed by atoms with Crippen LogP contribution in [0.15, 0.2) is 0 Å². The topological polar surface area (TPSA) is 93.1 Å². The molecule has 0 amide bonds. The van der Waals surface area contributed by atoms with Crippen LogP contribution in [0.1, 0.15) is 33.1 Å². The summed E-state index contributed by atoms with van der Waals surface area (Å²) in [5.41, 5.74) is 0. The SMILES string of the molecule is CCCOC.CCCOC(=O)CCP(=O)(O)O. The number of methoxy groups -OCH3 is 1. The zero-order valence-corrected chi connectivity index (χ0v) is 11.6. The largest absolute Gasteiger partial charge is 0.466 e. The van der Waals surface area contributed by atoms with Crippen LogP contribution in [0.25, 0.3) is 0 Å². The van der Waals surface area contributed by atoms with Crippen molar-refractivity contribution in [2.45, 2.75) is 33.1 Å². The highest BCUT2D eigenvalue weighted by Gasteiger charge is 2.15. The molecule has 2 N–H and O–H groups in total. The fourth-order valence-electron chi connectivity index (χ4n) is 0.729. The molecule has 0 radical (unpaired) electrons. The van der Waals surface area contributed by atoms with E-state index in [4.69, 9.17) is 14.5 Å². The lowest BCUT2D eigenvalue weighted by Crippen LogP contribution is -2.07. The van der Waals surface area contributed by atoms with Gasteiger partial charge in [0.1, 0.15) is 0 Å². The predicted octanol–water partition coefficient (Wildman–Crippen LogP) is 1.55. The average Bonchev–Trinajstić information content (AvgIpc) is 2.24. The minimum atomic E-state index is -4.05. The monoisotopic (exact) mass is 270 g/mol. The fourth-order valence-corrected chi connectivity index (χ4v) is 1.20. The molecule has 0 unspecified atom stereocenters. The number of carbonyl (C=O) groups excluding carboxylic acids is 1. The van der Waals surface area contributed by atoms with Gasteiger partial charge in [-0.2, -0.15) is 0 Å². The summed E-state index contributed by atoms with van der Waals surface area (Å²) in [6.45, 7) is 5.12. The van der Waals surface area contributed by atoms with Crippen LogP contribution in [0, 0.1) is 0 Å². The Morgan fingerprint density at radius 3 is 2.00 bits per heavy atom. The Labute approximate surface area is 102 Å². The van der Waals surface area contributed by atoms with Gasteiger partial charge in [0, 0.05) is 13.7 Å². The maximum atomic E-state index is 10.7. The van der Waals surface area contributed by atoms with Crippen molar-refractivity contribution >= 4 is 13.6 Å². The molecule has 0 spiro atoms. The lowest BCUT2D eigenvalue weighted by Gasteiger charge is -2.03. The van der Waals surface area contributed by atoms with E-state index in [-0.39, 0.29) is 6.42 Å². The lowest BCUT2D eigenvalue weighted by atomic mass is 10.5. The van der Waals surface area contributed by atoms with Crippen molar-refractivity contribution in [1.82, 2.24) is 0 Å². The highest BCUT2D eigenvalue weighted by molar-refractivity contribution is 7.51. The van der Waals surface area contributed by atoms with Crippen molar-refractivity contribution in [3.63, 3.8) is 0 Å². The van der Waals surface area contributed by atoms with Gasteiger partial charge < -0.3 is 19.3 Å². The zero-order valence-electron chi connectivity index (χ0n) is 10.7. The van der Waals surface area contributed by atoms with Crippen LogP contribution in [0.4, 0.5) is 0 Å². The van der Waals surface area contributed by atoms with Gasteiger partial charge in [-0.1, -0.05) is 13.8 Å². The van der Waals surface area contributed by atoms with Gasteiger partial charge in [-0.05, 0) is 12.8 Å². The molecule has 0 saturated heterocycles. The van der Waals surface area contributed by atoms with E-state index in [9.17, 15) is 9.36 Å². The molecular weight excluding hydrogens is 247 g/mol. The second-order valence-electron chi connectivity index (χ2n) is 3.35. The Hall–Kier alpha value is -0.420. The second-order valence-corrected chi connectivity index (χ2v) is 5.13. The molecule has 0 rings (SSSR count). The number of hydrogen-bond acceptors (Lipinski definition) is 4. The molecular formula is C10H23O6P. The maximum Gasteiger partial charge on any atom is 0.326 e. The van der Waals surface area contributed by atoms with Gasteiger partial charge in [0.2, 0.25) is 0 Å². The Kier molecular flexibility index (Phi) is 13.4. The summed E-state index contributed by atoms with van der Waals surface area (Å²) in [7, 11) is -2.34. The summed E-state index contributed by atoms with van der Waals surface area (Å²) in [4.78, 5) is 27.5. The van der Waals surface area contributed by atoms with Crippen LogP contribution in [-0.4, -0.2) is 42.2 Å². The van der Waals surface area contributed by atoms with Gasteiger partial charge in [0.25, 0.3) is 0 Å². The summed E-state index contributed by atoms with van der Waals surface area (Å²) in [6, 6.07) is 0. The molecule has 6 nitrogen and oxygen atoms in total. The number of rotatable bonds is 7. The molecule has 0 aliphatic carbocycles. The van der Waals surface area contributed by atoms with E-state index >= 15 is 0 Å². The third-order valence-corrected chi connectivity index (χ3v) is 2.29. The Morgan fingerprint density at radius 2 is 1.71 bits per heavy atom. The van der Waals surface area contributed by atoms with Crippen LogP contribution in [0.5, 0.6) is 0 Å². The number of carbonyl (C=O) groups is 1. The highest BCUT2D eigenvalue weighted by Crippen LogP contribution is 2.34. The Morgan fingerprint density at radius 1 is 1.18 bits per heavy atom. The first-order chi connectivity index (χ1) is 7.87. The van der Waals surface area contributed by atoms with E-state index in [1.54, 1.807) is 7.11 Å². The molecule has 0 aromatic carbocycles. The third-order valence-electron chi connectivity index (χ3n) is 1.48. The third kappa shape index (κ3) is 21.4. The quantitative estimate of drug-likeness (QED) is 0.538. The molecule has 0 aliphatic heterocycles. The van der Waals surface area contributed by atoms with E-state index in [1.165, 1.54) is 0 Å². The van der Waals surface area contributed by atoms with E-state index in [0.717, 1.165) is 13.0 Å². The van der Waals surface area contributed by atoms with Crippen LogP contribution in [0.3, 0.4) is 0 Å². The molecule has 0 aliphatic rings. The standard InChI is InChI=1S/C6H13O5P.C4H10O/c1-2-4-11-6(7)3-5-12(8,9)10;1-3-4-5-2/h2-5H2,1H3,(H2,8,9,10);3-4H2,1-2H3. The van der Waals surface area contributed by atoms with E-state index in [2.05, 4.69) is 11.7 Å². The first kappa shape index (κ1) is 18.9. The normalized spacial score (nSPS) is 10.4. The summed E-state index contributed by atoms with van der Waals surface area (Å²) >= 11 is 0. The van der Waals surface area contributed by atoms with Crippen molar-refractivity contribution in [2.75, 3.05) is 26.5 Å². The summed E-state index contributed by atoms with van der Waals surface area (Å²) in [6.07, 6.45) is 1.18. The van der Waals surface area contributed by atoms with Crippen molar-refractivity contribution in [3.05, 3.63) is 0 Å². The molecule has 0 aromatic heterocycles. The second kappa shape index (κ2) is 12.0. The summed E-state index contributed by atoms with van der Waals surface area (Å²) < 4.78 is 19.6. The van der Waals surface area contributed by atoms with Gasteiger partial charge in [-0.25, -0.2) is 0 Å². The Bertz CT molecular complexity index is 223. The van der Waals surface area contributed by atoms with Crippen molar-refractivity contribution in [3.8, 4) is 0 Å². The van der Waals surface area contributed by atoms with Gasteiger partial charge in [0.15, 0.2) is 0 Å². The molecule has 0 saturated carbocycles. The first-order valence-corrected chi connectivity index (χ1v) is 7.36. The average molecular weight is 270 g/mol. The van der Waals surface area contributed by atoms with Crippen molar-refractivity contribution in [1.29, 1.82) is 0 Å². The first-order valence-electron chi connectivity index (χ1n) is 5.56. The minimum absolute atomic E-state index is 0.218. The number of ether oxygens (including phenoxy) is 2. The number of hydrogen-bond donors (Lipinski definition) is 2. The van der Waals surface area contributed by atoms with Gasteiger partial charge in [-0.3, -0.25) is 9.36 Å². The van der Waals surface area contributed by atoms with Crippen LogP contribution in [0.2, 0.25) is 0 Å². The molecule has 17 heavy (non-hydrogen) atoms. The number of esters is 1. The van der Waals surface area contributed by atoms with E-state index < -0.39 is 19.7 Å². The van der Waals surface area contributed by atoms with Gasteiger partial charge in [0.05, 0.1) is 19.2 Å². The minimum Gasteiger partial charge on any atom is -0.466 e. The molecule has 0 atom stereocenters. The van der Waals surface area contributed by atoms with Crippen LogP contribution in [-0.2, 0) is 18.8 Å². The molecule has 104 valence electrons. The predicted molar refractivity (Wildman–Crippen MR) is 64.9 cm³/mol. The van der Waals surface area contributed by atoms with Crippen LogP contribution >= 0.6 is 7.60 Å². The van der Waals surface area contributed by atoms with Crippen LogP contribution < -0.4 is 0 Å². The van der Waals surface area contributed by atoms with E-state index in [0.29, 0.717) is 13.0 Å². The molecule has 0 fully saturated rings. The maximum absolute atomic E-state index is 10.7. The molecule has 7 heteroatoms. The van der Waals surface area contributed by atoms with Gasteiger partial charge >= 0.3 is 13.6 Å². The highest BCUT2D eigenvalue weighted by atomic mass is 31.2. The fraction of sp³-hybridized carbons (Fsp3) is 0.900. The van der Waals surface area contributed by atoms with Crippen molar-refractivity contribution in [2.24, 2.45) is 0 Å². The molecule has 0 bridgehead atoms. The summed E-state index contributed by atoms with van der Waals surface area (Å²) in [5.74, 6) is -0.555. The molecule has 0 heterocycles. The Balaban J connectivity index is 0. The smallest absolute Gasteiger partial charge is 0.326 e.